The van der Waals surface area contributed by atoms with Gasteiger partial charge >= 0.3 is 0 Å². The van der Waals surface area contributed by atoms with Crippen molar-refractivity contribution < 1.29 is 14.1 Å². The second-order valence-electron chi connectivity index (χ2n) is 9.09. The molecule has 2 heterocycles. The first-order valence-electron chi connectivity index (χ1n) is 13.1. The van der Waals surface area contributed by atoms with Gasteiger partial charge in [0.05, 0.1) is 17.9 Å². The Morgan fingerprint density at radius 2 is 1.88 bits per heavy atom. The number of hydrogen-bond acceptors (Lipinski definition) is 7. The molecule has 0 spiro atoms. The van der Waals surface area contributed by atoms with Crippen LogP contribution in [0.5, 0.6) is 0 Å². The summed E-state index contributed by atoms with van der Waals surface area (Å²) in [6.07, 6.45) is -0.331. The first-order chi connectivity index (χ1) is 19.8. The number of carbonyl (C=O) groups is 2. The lowest BCUT2D eigenvalue weighted by Crippen LogP contribution is -2.26. The van der Waals surface area contributed by atoms with Crippen molar-refractivity contribution in [3.63, 3.8) is 0 Å². The summed E-state index contributed by atoms with van der Waals surface area (Å²) >= 11 is 8.56. The number of amides is 2. The number of anilines is 3. The fraction of sp³-hybridized carbons (Fsp3) is 0.286. The van der Waals surface area contributed by atoms with E-state index in [4.69, 9.17) is 22.3 Å². The van der Waals surface area contributed by atoms with Crippen LogP contribution in [-0.2, 0) is 16.1 Å². The van der Waals surface area contributed by atoms with Gasteiger partial charge in [0.1, 0.15) is 6.42 Å². The zero-order valence-corrected chi connectivity index (χ0v) is 25.3. The lowest BCUT2D eigenvalue weighted by Gasteiger charge is -2.24. The van der Waals surface area contributed by atoms with E-state index < -0.39 is 11.8 Å². The van der Waals surface area contributed by atoms with Gasteiger partial charge in [0.2, 0.25) is 11.8 Å². The number of nitrogens with zero attached hydrogens (tertiary/aromatic N) is 6. The highest BCUT2D eigenvalue weighted by Crippen LogP contribution is 2.44. The van der Waals surface area contributed by atoms with E-state index in [1.54, 1.807) is 30.3 Å². The van der Waals surface area contributed by atoms with Crippen molar-refractivity contribution >= 4 is 67.8 Å². The van der Waals surface area contributed by atoms with Gasteiger partial charge in [0.25, 0.3) is 4.84 Å². The number of aromatic nitrogens is 2. The summed E-state index contributed by atoms with van der Waals surface area (Å²) in [5.74, 6) is -0.390. The van der Waals surface area contributed by atoms with E-state index in [1.165, 1.54) is 24.5 Å². The van der Waals surface area contributed by atoms with Gasteiger partial charge in [-0.1, -0.05) is 71.2 Å². The molecule has 212 valence electrons. The number of H-pyrrole nitrogens is 1. The Balaban J connectivity index is 0.000000493. The van der Waals surface area contributed by atoms with Crippen LogP contribution in [0.2, 0.25) is 0 Å². The predicted molar refractivity (Wildman–Crippen MR) is 165 cm³/mol. The van der Waals surface area contributed by atoms with E-state index in [0.29, 0.717) is 33.8 Å². The molecule has 0 atom stereocenters. The maximum absolute atomic E-state index is 13.2. The van der Waals surface area contributed by atoms with Crippen molar-refractivity contribution in [3.05, 3.63) is 73.8 Å². The van der Waals surface area contributed by atoms with Gasteiger partial charge in [-0.15, -0.1) is 0 Å². The molecule has 0 bridgehead atoms. The summed E-state index contributed by atoms with van der Waals surface area (Å²) < 4.78 is 5.69. The van der Waals surface area contributed by atoms with Crippen molar-refractivity contribution in [3.8, 4) is 11.4 Å². The molecule has 1 aliphatic rings. The number of halogens is 1. The molecular weight excluding hydrogens is 608 g/mol. The van der Waals surface area contributed by atoms with E-state index in [2.05, 4.69) is 67.1 Å². The Morgan fingerprint density at radius 1 is 1.12 bits per heavy atom. The van der Waals surface area contributed by atoms with Crippen LogP contribution in [0.1, 0.15) is 32.8 Å². The van der Waals surface area contributed by atoms with E-state index in [0.717, 1.165) is 15.4 Å². The van der Waals surface area contributed by atoms with Gasteiger partial charge in [-0.2, -0.15) is 0 Å². The smallest absolute Gasteiger partial charge is 0.295 e. The van der Waals surface area contributed by atoms with Gasteiger partial charge < -0.3 is 14.7 Å². The van der Waals surface area contributed by atoms with Gasteiger partial charge in [0.15, 0.2) is 5.82 Å². The minimum absolute atomic E-state index is 0.137. The predicted octanol–water partition coefficient (Wildman–Crippen LogP) is 7.48. The number of hydrogen-bond donors (Lipinski definition) is 2. The summed E-state index contributed by atoms with van der Waals surface area (Å²) in [7, 11) is 0. The molecule has 3 aromatic carbocycles. The molecule has 2 amide bonds. The van der Waals surface area contributed by atoms with Crippen LogP contribution in [0, 0.1) is 4.84 Å². The molecule has 1 aliphatic heterocycles. The molecule has 0 fully saturated rings. The second-order valence-corrected chi connectivity index (χ2v) is 10.3. The highest BCUT2D eigenvalue weighted by molar-refractivity contribution is 9.10. The Bertz CT molecular complexity index is 1690. The average Bonchev–Trinajstić information content (AvgIpc) is 3.36. The molecule has 4 aromatic rings. The quantitative estimate of drug-likeness (QED) is 0.0707. The van der Waals surface area contributed by atoms with Gasteiger partial charge in [-0.05, 0) is 72.6 Å². The maximum atomic E-state index is 13.2. The molecule has 5 rings (SSSR count). The lowest BCUT2D eigenvalue weighted by molar-refractivity contribution is -0.124. The largest absolute Gasteiger partial charge is 0.324 e. The van der Waals surface area contributed by atoms with Crippen LogP contribution in [0.25, 0.3) is 32.6 Å². The third-order valence-corrected chi connectivity index (χ3v) is 7.51. The highest BCUT2D eigenvalue weighted by atomic mass is 79.9. The highest BCUT2D eigenvalue weighted by Gasteiger charge is 2.30. The van der Waals surface area contributed by atoms with Crippen molar-refractivity contribution in [1.29, 1.82) is 0 Å². The van der Waals surface area contributed by atoms with Crippen molar-refractivity contribution in [2.75, 3.05) is 29.9 Å². The zero-order chi connectivity index (χ0) is 29.5. The molecule has 0 saturated heterocycles. The van der Waals surface area contributed by atoms with E-state index in [-0.39, 0.29) is 17.8 Å². The Labute approximate surface area is 250 Å². The Hall–Kier alpha value is -4.03. The summed E-state index contributed by atoms with van der Waals surface area (Å²) in [4.78, 5) is 35.5. The maximum Gasteiger partial charge on any atom is 0.295 e. The van der Waals surface area contributed by atoms with E-state index >= 15 is 0 Å². The second kappa shape index (κ2) is 13.6. The lowest BCUT2D eigenvalue weighted by atomic mass is 10.0. The fourth-order valence-electron chi connectivity index (χ4n) is 4.57. The number of rotatable bonds is 7. The Kier molecular flexibility index (Phi) is 9.90. The number of fused-ring (bicyclic) bond motifs is 3. The summed E-state index contributed by atoms with van der Waals surface area (Å²) in [6, 6.07) is 14.5. The minimum atomic E-state index is -0.422. The van der Waals surface area contributed by atoms with Crippen LogP contribution >= 0.6 is 28.1 Å². The van der Waals surface area contributed by atoms with Crippen LogP contribution < -0.4 is 10.2 Å². The topological polar surface area (TPSA) is 143 Å². The molecule has 0 unspecified atom stereocenters. The summed E-state index contributed by atoms with van der Waals surface area (Å²) in [6.45, 7) is 10.3. The van der Waals surface area contributed by atoms with Gasteiger partial charge in [-0.3, -0.25) is 19.5 Å². The molecule has 13 heteroatoms. The van der Waals surface area contributed by atoms with Crippen molar-refractivity contribution in [2.45, 2.75) is 33.7 Å². The molecule has 0 saturated carbocycles. The zero-order valence-electron chi connectivity index (χ0n) is 22.8. The molecule has 0 aliphatic carbocycles. The number of carbonyl (C=O) groups excluding carboxylic acids is 2. The van der Waals surface area contributed by atoms with Crippen molar-refractivity contribution in [1.82, 2.24) is 15.0 Å². The summed E-state index contributed by atoms with van der Waals surface area (Å²) in [5, 5.41) is 12.0. The van der Waals surface area contributed by atoms with Crippen LogP contribution in [0.4, 0.5) is 17.1 Å². The van der Waals surface area contributed by atoms with Crippen LogP contribution in [0.15, 0.2) is 62.6 Å². The number of benzene rings is 3. The molecule has 41 heavy (non-hydrogen) atoms. The fourth-order valence-corrected chi connectivity index (χ4v) is 5.27. The van der Waals surface area contributed by atoms with Crippen LogP contribution in [-0.4, -0.2) is 46.5 Å². The van der Waals surface area contributed by atoms with Gasteiger partial charge in [0, 0.05) is 26.0 Å². The Morgan fingerprint density at radius 3 is 2.51 bits per heavy atom. The number of azide groups is 1. The third-order valence-electron chi connectivity index (χ3n) is 6.67. The van der Waals surface area contributed by atoms with E-state index in [9.17, 15) is 9.59 Å². The minimum Gasteiger partial charge on any atom is -0.324 e. The molecule has 0 radical (unpaired) electrons. The van der Waals surface area contributed by atoms with Gasteiger partial charge in [-0.25, -0.2) is 0 Å². The van der Waals surface area contributed by atoms with Crippen LogP contribution in [0.3, 0.4) is 0 Å². The first kappa shape index (κ1) is 29.9. The SMILES string of the molecule is CCN(CC)CC.[N-]=[N+]=NCc1ccc2c(Br)cc3c(c2c1)NC(=O)CC(=O)N3c1cccc(-c2noc(=S)[nH]2)c1. The first-order valence-corrected chi connectivity index (χ1v) is 14.3. The number of aromatic amines is 1. The standard InChI is InChI=1S/C22H14BrN7O3S.C6H15N/c23-16-8-17-20(15-6-11(10-25-29-24)4-5-14(15)16)26-18(31)9-19(32)30(17)13-3-1-2-12(7-13)21-27-22(34)33-28-21;1-4-7(5-2)6-3/h1-8H,9-10H2,(H,26,31)(H,27,28,34);4-6H2,1-3H3. The molecular formula is C28H29BrN8O3S. The molecule has 1 aromatic heterocycles. The third kappa shape index (κ3) is 6.83. The van der Waals surface area contributed by atoms with E-state index in [1.807, 2.05) is 18.2 Å². The van der Waals surface area contributed by atoms with Crippen molar-refractivity contribution in [2.24, 2.45) is 5.11 Å². The molecule has 2 N–H and O–H groups in total. The number of nitrogens with one attached hydrogen (secondary N) is 2. The summed E-state index contributed by atoms with van der Waals surface area (Å²) in [5.41, 5.74) is 11.6. The molecule has 11 nitrogen and oxygen atoms in total. The monoisotopic (exact) mass is 636 g/mol. The average molecular weight is 638 g/mol. The normalized spacial score (nSPS) is 12.8.